The largest absolute Gasteiger partial charge is 0.481 e. The van der Waals surface area contributed by atoms with Crippen LogP contribution in [0.15, 0.2) is 0 Å². The first-order chi connectivity index (χ1) is 10.0. The lowest BCUT2D eigenvalue weighted by molar-refractivity contribution is -0.149. The molecule has 3 unspecified atom stereocenters. The molecule has 3 atom stereocenters. The van der Waals surface area contributed by atoms with Crippen LogP contribution in [0, 0.1) is 0 Å². The van der Waals surface area contributed by atoms with E-state index in [2.05, 4.69) is 5.32 Å². The van der Waals surface area contributed by atoms with Crippen LogP contribution in [0.3, 0.4) is 0 Å². The average Bonchev–Trinajstić information content (AvgIpc) is 2.33. The first-order valence-corrected chi connectivity index (χ1v) is 6.67. The lowest BCUT2D eigenvalue weighted by atomic mass is 10.1. The number of aliphatic hydroxyl groups is 4. The first-order valence-electron chi connectivity index (χ1n) is 6.67. The fourth-order valence-electron chi connectivity index (χ4n) is 2.08. The number of carboxylic acid groups (broad SMARTS) is 2. The average molecular weight is 324 g/mol. The van der Waals surface area contributed by atoms with E-state index in [0.29, 0.717) is 0 Å². The number of nitrogens with zero attached hydrogens (tertiary/aromatic N) is 1. The van der Waals surface area contributed by atoms with Crippen molar-refractivity contribution >= 4 is 11.9 Å². The second-order valence-corrected chi connectivity index (χ2v) is 5.20. The van der Waals surface area contributed by atoms with E-state index in [1.54, 1.807) is 6.92 Å². The van der Waals surface area contributed by atoms with Crippen molar-refractivity contribution < 1.29 is 40.2 Å². The molecule has 22 heavy (non-hydrogen) atoms. The summed E-state index contributed by atoms with van der Waals surface area (Å²) >= 11 is 0. The maximum Gasteiger partial charge on any atom is 0.321 e. The monoisotopic (exact) mass is 324 g/mol. The van der Waals surface area contributed by atoms with Gasteiger partial charge in [0, 0.05) is 19.0 Å². The molecule has 0 spiro atoms. The Bertz CT molecular complexity index is 363. The zero-order valence-electron chi connectivity index (χ0n) is 12.5. The third-order valence-electron chi connectivity index (χ3n) is 3.07. The number of hydrogen-bond acceptors (Lipinski definition) is 8. The molecule has 7 N–H and O–H groups in total. The van der Waals surface area contributed by atoms with Crippen LogP contribution in [0.4, 0.5) is 0 Å². The highest BCUT2D eigenvalue weighted by Gasteiger charge is 2.28. The highest BCUT2D eigenvalue weighted by atomic mass is 16.5. The van der Waals surface area contributed by atoms with Gasteiger partial charge in [-0.25, -0.2) is 0 Å². The van der Waals surface area contributed by atoms with Gasteiger partial charge in [-0.05, 0) is 14.0 Å². The highest BCUT2D eigenvalue weighted by Crippen LogP contribution is 2.06. The van der Waals surface area contributed by atoms with Gasteiger partial charge in [0.25, 0.3) is 0 Å². The summed E-state index contributed by atoms with van der Waals surface area (Å²) in [6, 6.07) is -2.69. The van der Waals surface area contributed by atoms with Gasteiger partial charge in [0.1, 0.15) is 6.04 Å². The predicted octanol–water partition coefficient (Wildman–Crippen LogP) is -2.80. The van der Waals surface area contributed by atoms with Crippen LogP contribution in [-0.2, 0) is 9.59 Å². The van der Waals surface area contributed by atoms with Crippen molar-refractivity contribution in [3.05, 3.63) is 0 Å². The molecule has 0 rings (SSSR count). The zero-order valence-corrected chi connectivity index (χ0v) is 12.5. The maximum atomic E-state index is 11.1. The Balaban J connectivity index is 4.62. The summed E-state index contributed by atoms with van der Waals surface area (Å²) in [5, 5.41) is 56.5. The third kappa shape index (κ3) is 8.22. The van der Waals surface area contributed by atoms with Crippen molar-refractivity contribution in [3.63, 3.8) is 0 Å². The van der Waals surface area contributed by atoms with E-state index in [0.717, 1.165) is 0 Å². The second-order valence-electron chi connectivity index (χ2n) is 5.20. The Labute approximate surface area is 127 Å². The van der Waals surface area contributed by atoms with Crippen LogP contribution in [0.25, 0.3) is 0 Å². The van der Waals surface area contributed by atoms with Crippen LogP contribution in [0.1, 0.15) is 19.8 Å². The number of carbonyl (C=O) groups is 2. The molecular weight excluding hydrogens is 300 g/mol. The topological polar surface area (TPSA) is 171 Å². The van der Waals surface area contributed by atoms with Crippen molar-refractivity contribution in [3.8, 4) is 0 Å². The summed E-state index contributed by atoms with van der Waals surface area (Å²) < 4.78 is 0. The summed E-state index contributed by atoms with van der Waals surface area (Å²) in [6.45, 7) is 1.73. The third-order valence-corrected chi connectivity index (χ3v) is 3.07. The fourth-order valence-corrected chi connectivity index (χ4v) is 2.08. The van der Waals surface area contributed by atoms with Gasteiger partial charge in [-0.3, -0.25) is 14.5 Å². The normalized spacial score (nSPS) is 16.0. The number of nitrogens with one attached hydrogen (secondary N) is 1. The summed E-state index contributed by atoms with van der Waals surface area (Å²) in [4.78, 5) is 23.0. The molecule has 0 bridgehead atoms. The molecule has 0 saturated heterocycles. The van der Waals surface area contributed by atoms with E-state index in [9.17, 15) is 9.59 Å². The molecule has 0 aliphatic heterocycles. The van der Waals surface area contributed by atoms with E-state index >= 15 is 0 Å². The van der Waals surface area contributed by atoms with Gasteiger partial charge in [0.15, 0.2) is 12.6 Å². The highest BCUT2D eigenvalue weighted by molar-refractivity contribution is 5.80. The minimum Gasteiger partial charge on any atom is -0.481 e. The Morgan fingerprint density at radius 3 is 2.05 bits per heavy atom. The standard InChI is InChI=1S/C12H24N2O8/c1-6(13-7(11(19)20)3-9(15)16)5-14(2)8(12(21)22)4-10(17)18/h6-9,11,13,15-16,19-20H,3-5H2,1-2H3,(H,17,18)(H,21,22). The molecule has 0 saturated carbocycles. The Hall–Kier alpha value is -1.30. The molecule has 0 heterocycles. The molecule has 0 radical (unpaired) electrons. The SMILES string of the molecule is CC(CN(C)C(CC(=O)O)C(=O)O)NC(CC(O)O)C(O)O. The fraction of sp³-hybridized carbons (Fsp3) is 0.833. The van der Waals surface area contributed by atoms with E-state index in [1.807, 2.05) is 0 Å². The number of carboxylic acids is 2. The van der Waals surface area contributed by atoms with Gasteiger partial charge in [0.2, 0.25) is 0 Å². The van der Waals surface area contributed by atoms with Gasteiger partial charge in [-0.1, -0.05) is 0 Å². The smallest absolute Gasteiger partial charge is 0.321 e. The molecule has 0 aromatic carbocycles. The number of hydrogen-bond donors (Lipinski definition) is 7. The van der Waals surface area contributed by atoms with Crippen molar-refractivity contribution in [2.24, 2.45) is 0 Å². The van der Waals surface area contributed by atoms with Crippen LogP contribution < -0.4 is 5.32 Å². The molecule has 0 aromatic rings. The molecule has 0 aliphatic carbocycles. The second kappa shape index (κ2) is 9.66. The van der Waals surface area contributed by atoms with Gasteiger partial charge < -0.3 is 36.0 Å². The number of rotatable bonds is 11. The molecule has 0 aromatic heterocycles. The molecule has 10 heteroatoms. The first kappa shape index (κ1) is 20.7. The summed E-state index contributed by atoms with van der Waals surface area (Å²) in [5.74, 6) is -2.52. The van der Waals surface area contributed by atoms with E-state index < -0.39 is 49.1 Å². The van der Waals surface area contributed by atoms with Crippen LogP contribution >= 0.6 is 0 Å². The maximum absolute atomic E-state index is 11.1. The van der Waals surface area contributed by atoms with E-state index in [1.165, 1.54) is 11.9 Å². The number of aliphatic hydroxyl groups excluding tert-OH is 2. The Morgan fingerprint density at radius 2 is 1.68 bits per heavy atom. The summed E-state index contributed by atoms with van der Waals surface area (Å²) in [6.07, 6.45) is -4.46. The Morgan fingerprint density at radius 1 is 1.14 bits per heavy atom. The molecule has 10 nitrogen and oxygen atoms in total. The van der Waals surface area contributed by atoms with Gasteiger partial charge in [0.05, 0.1) is 12.5 Å². The lowest BCUT2D eigenvalue weighted by Crippen LogP contribution is -2.52. The predicted molar refractivity (Wildman–Crippen MR) is 73.8 cm³/mol. The molecule has 130 valence electrons. The van der Waals surface area contributed by atoms with Crippen LogP contribution in [-0.4, -0.2) is 91.8 Å². The molecular formula is C12H24N2O8. The number of aliphatic carboxylic acids is 2. The van der Waals surface area contributed by atoms with E-state index in [-0.39, 0.29) is 13.0 Å². The molecule has 0 fully saturated rings. The summed E-state index contributed by atoms with van der Waals surface area (Å²) in [5.41, 5.74) is 0. The van der Waals surface area contributed by atoms with Gasteiger partial charge >= 0.3 is 11.9 Å². The van der Waals surface area contributed by atoms with E-state index in [4.69, 9.17) is 30.6 Å². The quantitative estimate of drug-likeness (QED) is 0.197. The number of likely N-dealkylation sites (N-methyl/N-ethyl adjacent to an activating group) is 1. The van der Waals surface area contributed by atoms with Crippen molar-refractivity contribution in [1.29, 1.82) is 0 Å². The van der Waals surface area contributed by atoms with Gasteiger partial charge in [-0.2, -0.15) is 0 Å². The Kier molecular flexibility index (Phi) is 9.09. The van der Waals surface area contributed by atoms with Crippen molar-refractivity contribution in [2.45, 2.75) is 50.5 Å². The molecule has 0 amide bonds. The van der Waals surface area contributed by atoms with Crippen LogP contribution in [0.2, 0.25) is 0 Å². The van der Waals surface area contributed by atoms with Crippen molar-refractivity contribution in [2.75, 3.05) is 13.6 Å². The van der Waals surface area contributed by atoms with Crippen molar-refractivity contribution in [1.82, 2.24) is 10.2 Å². The lowest BCUT2D eigenvalue weighted by Gasteiger charge is -2.30. The van der Waals surface area contributed by atoms with Crippen LogP contribution in [0.5, 0.6) is 0 Å². The minimum atomic E-state index is -1.83. The minimum absolute atomic E-state index is 0.106. The van der Waals surface area contributed by atoms with Gasteiger partial charge in [-0.15, -0.1) is 0 Å². The summed E-state index contributed by atoms with van der Waals surface area (Å²) in [7, 11) is 1.44. The zero-order chi connectivity index (χ0) is 17.4. The molecule has 0 aliphatic rings.